The van der Waals surface area contributed by atoms with Crippen LogP contribution in [0.5, 0.6) is 0 Å². The van der Waals surface area contributed by atoms with E-state index in [2.05, 4.69) is 0 Å². The second-order valence-corrected chi connectivity index (χ2v) is 2.77. The molecule has 6 heteroatoms. The number of likely N-dealkylation sites (N-methyl/N-ethyl adjacent to an activating group) is 1. The Hall–Kier alpha value is -0.800. The summed E-state index contributed by atoms with van der Waals surface area (Å²) >= 11 is 0. The van der Waals surface area contributed by atoms with Gasteiger partial charge in [0.05, 0.1) is 6.07 Å². The van der Waals surface area contributed by atoms with Gasteiger partial charge < -0.3 is 10.6 Å². The SMILES string of the molecule is CN(CCN)CC(C#N)C(F)(F)F. The number of alkyl halides is 3. The van der Waals surface area contributed by atoms with E-state index >= 15 is 0 Å². The maximum absolute atomic E-state index is 12.0. The van der Waals surface area contributed by atoms with E-state index in [4.69, 9.17) is 11.0 Å². The van der Waals surface area contributed by atoms with Gasteiger partial charge in [-0.3, -0.25) is 0 Å². The van der Waals surface area contributed by atoms with E-state index in [1.165, 1.54) is 18.0 Å². The van der Waals surface area contributed by atoms with Gasteiger partial charge in [0.15, 0.2) is 5.92 Å². The van der Waals surface area contributed by atoms with Crippen molar-refractivity contribution in [1.82, 2.24) is 4.90 Å². The van der Waals surface area contributed by atoms with Crippen molar-refractivity contribution in [1.29, 1.82) is 5.26 Å². The Bertz CT molecular complexity index is 184. The molecule has 76 valence electrons. The van der Waals surface area contributed by atoms with Gasteiger partial charge in [-0.25, -0.2) is 0 Å². The van der Waals surface area contributed by atoms with Gasteiger partial charge in [0.1, 0.15) is 0 Å². The third-order valence-corrected chi connectivity index (χ3v) is 1.56. The summed E-state index contributed by atoms with van der Waals surface area (Å²) in [5, 5.41) is 8.25. The molecule has 0 aliphatic rings. The van der Waals surface area contributed by atoms with Crippen LogP contribution in [0.15, 0.2) is 0 Å². The van der Waals surface area contributed by atoms with Gasteiger partial charge in [-0.1, -0.05) is 0 Å². The standard InChI is InChI=1S/C7H12F3N3/c1-13(3-2-11)5-6(4-12)7(8,9)10/h6H,2-3,5,11H2,1H3. The zero-order valence-corrected chi connectivity index (χ0v) is 7.30. The van der Waals surface area contributed by atoms with E-state index in [0.29, 0.717) is 6.54 Å². The van der Waals surface area contributed by atoms with Crippen LogP contribution in [0.1, 0.15) is 0 Å². The summed E-state index contributed by atoms with van der Waals surface area (Å²) in [6.07, 6.45) is -4.45. The molecule has 0 aromatic carbocycles. The van der Waals surface area contributed by atoms with Crippen LogP contribution in [0.4, 0.5) is 13.2 Å². The Morgan fingerprint density at radius 2 is 2.08 bits per heavy atom. The van der Waals surface area contributed by atoms with Crippen molar-refractivity contribution in [2.45, 2.75) is 6.18 Å². The van der Waals surface area contributed by atoms with E-state index in [-0.39, 0.29) is 13.1 Å². The fourth-order valence-electron chi connectivity index (χ4n) is 0.841. The average Bonchev–Trinajstić information content (AvgIpc) is 1.98. The van der Waals surface area contributed by atoms with Gasteiger partial charge in [0.2, 0.25) is 0 Å². The van der Waals surface area contributed by atoms with Gasteiger partial charge >= 0.3 is 6.18 Å². The summed E-state index contributed by atoms with van der Waals surface area (Å²) in [7, 11) is 1.50. The van der Waals surface area contributed by atoms with E-state index in [9.17, 15) is 13.2 Å². The lowest BCUT2D eigenvalue weighted by atomic mass is 10.1. The van der Waals surface area contributed by atoms with Gasteiger partial charge in [0.25, 0.3) is 0 Å². The molecule has 0 fully saturated rings. The molecule has 0 aromatic rings. The third kappa shape index (κ3) is 4.70. The lowest BCUT2D eigenvalue weighted by Gasteiger charge is -2.20. The van der Waals surface area contributed by atoms with Crippen LogP contribution in [0.3, 0.4) is 0 Å². The summed E-state index contributed by atoms with van der Waals surface area (Å²) in [6, 6.07) is 1.22. The highest BCUT2D eigenvalue weighted by molar-refractivity contribution is 4.90. The molecule has 0 aliphatic heterocycles. The van der Waals surface area contributed by atoms with Crippen LogP contribution >= 0.6 is 0 Å². The Kier molecular flexibility index (Phi) is 4.73. The number of nitrogens with zero attached hydrogens (tertiary/aromatic N) is 2. The summed E-state index contributed by atoms with van der Waals surface area (Å²) in [5.74, 6) is -1.93. The van der Waals surface area contributed by atoms with Gasteiger partial charge in [-0.05, 0) is 7.05 Å². The summed E-state index contributed by atoms with van der Waals surface area (Å²) < 4.78 is 36.1. The number of nitrogens with two attached hydrogens (primary N) is 1. The molecule has 1 unspecified atom stereocenters. The van der Waals surface area contributed by atoms with Crippen LogP contribution in [0.2, 0.25) is 0 Å². The van der Waals surface area contributed by atoms with Crippen LogP contribution in [-0.4, -0.2) is 37.8 Å². The first-order valence-corrected chi connectivity index (χ1v) is 3.76. The van der Waals surface area contributed by atoms with E-state index in [1.807, 2.05) is 0 Å². The van der Waals surface area contributed by atoms with Gasteiger partial charge in [-0.2, -0.15) is 18.4 Å². The molecule has 3 nitrogen and oxygen atoms in total. The fraction of sp³-hybridized carbons (Fsp3) is 0.857. The van der Waals surface area contributed by atoms with Crippen molar-refractivity contribution in [3.63, 3.8) is 0 Å². The Morgan fingerprint density at radius 3 is 2.38 bits per heavy atom. The highest BCUT2D eigenvalue weighted by Gasteiger charge is 2.40. The predicted molar refractivity (Wildman–Crippen MR) is 41.7 cm³/mol. The molecule has 0 aromatic heterocycles. The molecule has 0 saturated carbocycles. The number of nitriles is 1. The molecule has 13 heavy (non-hydrogen) atoms. The second kappa shape index (κ2) is 5.04. The molecular formula is C7H12F3N3. The first-order valence-electron chi connectivity index (χ1n) is 3.76. The minimum atomic E-state index is -4.45. The predicted octanol–water partition coefficient (Wildman–Crippen LogP) is 0.579. The topological polar surface area (TPSA) is 53.0 Å². The molecule has 0 radical (unpaired) electrons. The zero-order chi connectivity index (χ0) is 10.5. The molecule has 0 aliphatic carbocycles. The summed E-state index contributed by atoms with van der Waals surface area (Å²) in [4.78, 5) is 1.39. The Labute approximate surface area is 74.9 Å². The van der Waals surface area contributed by atoms with Gasteiger partial charge in [0, 0.05) is 19.6 Å². The van der Waals surface area contributed by atoms with Crippen molar-refractivity contribution < 1.29 is 13.2 Å². The van der Waals surface area contributed by atoms with E-state index < -0.39 is 12.1 Å². The number of rotatable bonds is 4. The molecular weight excluding hydrogens is 183 g/mol. The normalized spacial score (nSPS) is 14.2. The molecule has 0 heterocycles. The van der Waals surface area contributed by atoms with Crippen LogP contribution in [-0.2, 0) is 0 Å². The van der Waals surface area contributed by atoms with Crippen LogP contribution in [0, 0.1) is 17.2 Å². The maximum atomic E-state index is 12.0. The minimum absolute atomic E-state index is 0.284. The van der Waals surface area contributed by atoms with Gasteiger partial charge in [-0.15, -0.1) is 0 Å². The quantitative estimate of drug-likeness (QED) is 0.713. The molecule has 0 saturated heterocycles. The van der Waals surface area contributed by atoms with Crippen LogP contribution in [0.25, 0.3) is 0 Å². The number of halogens is 3. The lowest BCUT2D eigenvalue weighted by molar-refractivity contribution is -0.162. The molecule has 0 rings (SSSR count). The van der Waals surface area contributed by atoms with Crippen molar-refractivity contribution in [2.75, 3.05) is 26.7 Å². The first kappa shape index (κ1) is 12.2. The summed E-state index contributed by atoms with van der Waals surface area (Å²) in [6.45, 7) is 0.317. The molecule has 0 bridgehead atoms. The third-order valence-electron chi connectivity index (χ3n) is 1.56. The van der Waals surface area contributed by atoms with E-state index in [1.54, 1.807) is 0 Å². The molecule has 0 spiro atoms. The maximum Gasteiger partial charge on any atom is 0.405 e. The molecule has 2 N–H and O–H groups in total. The lowest BCUT2D eigenvalue weighted by Crippen LogP contribution is -2.36. The fourth-order valence-corrected chi connectivity index (χ4v) is 0.841. The van der Waals surface area contributed by atoms with Crippen molar-refractivity contribution >= 4 is 0 Å². The second-order valence-electron chi connectivity index (χ2n) is 2.77. The van der Waals surface area contributed by atoms with Crippen molar-refractivity contribution in [3.8, 4) is 6.07 Å². The van der Waals surface area contributed by atoms with Crippen molar-refractivity contribution in [2.24, 2.45) is 11.7 Å². The number of hydrogen-bond acceptors (Lipinski definition) is 3. The number of hydrogen-bond donors (Lipinski definition) is 1. The average molecular weight is 195 g/mol. The monoisotopic (exact) mass is 195 g/mol. The van der Waals surface area contributed by atoms with Crippen molar-refractivity contribution in [3.05, 3.63) is 0 Å². The minimum Gasteiger partial charge on any atom is -0.329 e. The van der Waals surface area contributed by atoms with Crippen LogP contribution < -0.4 is 5.73 Å². The molecule has 0 amide bonds. The Balaban J connectivity index is 4.08. The smallest absolute Gasteiger partial charge is 0.329 e. The summed E-state index contributed by atoms with van der Waals surface area (Å²) in [5.41, 5.74) is 5.15. The van der Waals surface area contributed by atoms with E-state index in [0.717, 1.165) is 0 Å². The zero-order valence-electron chi connectivity index (χ0n) is 7.30. The largest absolute Gasteiger partial charge is 0.405 e. The Morgan fingerprint density at radius 1 is 1.54 bits per heavy atom. The molecule has 1 atom stereocenters. The highest BCUT2D eigenvalue weighted by atomic mass is 19.4. The first-order chi connectivity index (χ1) is 5.91. The highest BCUT2D eigenvalue weighted by Crippen LogP contribution is 2.25.